The first-order chi connectivity index (χ1) is 10.2. The van der Waals surface area contributed by atoms with Gasteiger partial charge in [0.1, 0.15) is 12.0 Å². The Labute approximate surface area is 119 Å². The van der Waals surface area contributed by atoms with E-state index in [1.54, 1.807) is 23.4 Å². The first-order valence-corrected chi connectivity index (χ1v) is 6.29. The molecule has 0 atom stereocenters. The van der Waals surface area contributed by atoms with E-state index < -0.39 is 0 Å². The van der Waals surface area contributed by atoms with Gasteiger partial charge in [0.05, 0.1) is 6.54 Å². The van der Waals surface area contributed by atoms with E-state index in [2.05, 4.69) is 20.3 Å². The summed E-state index contributed by atoms with van der Waals surface area (Å²) in [4.78, 5) is 18.1. The van der Waals surface area contributed by atoms with E-state index >= 15 is 0 Å². The second-order valence-electron chi connectivity index (χ2n) is 4.58. The third kappa shape index (κ3) is 2.40. The van der Waals surface area contributed by atoms with Crippen molar-refractivity contribution in [3.05, 3.63) is 41.7 Å². The van der Waals surface area contributed by atoms with Gasteiger partial charge in [0.2, 0.25) is 0 Å². The molecule has 0 radical (unpaired) electrons. The summed E-state index contributed by atoms with van der Waals surface area (Å²) in [6.45, 7) is 1.65. The van der Waals surface area contributed by atoms with Crippen molar-refractivity contribution in [3.63, 3.8) is 0 Å². The number of aromatic nitrogens is 4. The molecule has 0 bridgehead atoms. The average molecular weight is 287 g/mol. The third-order valence-electron chi connectivity index (χ3n) is 3.31. The molecule has 2 aromatic rings. The highest BCUT2D eigenvalue weighted by atomic mass is 16.4. The number of carbonyl (C=O) groups excluding carboxylic acids is 1. The molecule has 0 saturated heterocycles. The van der Waals surface area contributed by atoms with Crippen LogP contribution in [0.15, 0.2) is 29.8 Å². The lowest BCUT2D eigenvalue weighted by molar-refractivity contribution is 0.0701. The van der Waals surface area contributed by atoms with Crippen LogP contribution in [0, 0.1) is 0 Å². The number of rotatable bonds is 2. The molecule has 0 aromatic carbocycles. The van der Waals surface area contributed by atoms with Crippen LogP contribution < -0.4 is 5.73 Å². The van der Waals surface area contributed by atoms with Gasteiger partial charge in [-0.25, -0.2) is 0 Å². The van der Waals surface area contributed by atoms with Gasteiger partial charge >= 0.3 is 0 Å². The van der Waals surface area contributed by atoms with Crippen molar-refractivity contribution in [2.24, 2.45) is 10.9 Å². The average Bonchev–Trinajstić information content (AvgIpc) is 3.01. The quantitative estimate of drug-likeness (QED) is 0.330. The maximum Gasteiger partial charge on any atom is 0.272 e. The zero-order valence-corrected chi connectivity index (χ0v) is 11.0. The fraction of sp³-hybridized carbons (Fsp3) is 0.250. The topological polar surface area (TPSA) is 123 Å². The van der Waals surface area contributed by atoms with Gasteiger partial charge in [-0.3, -0.25) is 9.78 Å². The molecule has 0 saturated carbocycles. The lowest BCUT2D eigenvalue weighted by Gasteiger charge is -2.26. The number of fused-ring (bicyclic) bond motifs is 1. The van der Waals surface area contributed by atoms with Crippen LogP contribution in [-0.2, 0) is 13.1 Å². The van der Waals surface area contributed by atoms with Crippen molar-refractivity contribution in [2.75, 3.05) is 6.54 Å². The highest BCUT2D eigenvalue weighted by Crippen LogP contribution is 2.12. The van der Waals surface area contributed by atoms with E-state index in [1.807, 2.05) is 4.57 Å². The molecule has 3 N–H and O–H groups in total. The van der Waals surface area contributed by atoms with Crippen molar-refractivity contribution in [1.82, 2.24) is 24.6 Å². The van der Waals surface area contributed by atoms with Crippen molar-refractivity contribution in [1.29, 1.82) is 0 Å². The number of carbonyl (C=O) groups is 1. The predicted octanol–water partition coefficient (Wildman–Crippen LogP) is -0.576. The van der Waals surface area contributed by atoms with Gasteiger partial charge in [-0.2, -0.15) is 0 Å². The number of oxime groups is 1. The minimum absolute atomic E-state index is 0.0485. The smallest absolute Gasteiger partial charge is 0.272 e. The number of amides is 1. The molecule has 2 aromatic heterocycles. The van der Waals surface area contributed by atoms with E-state index in [4.69, 9.17) is 10.9 Å². The molecule has 1 amide bonds. The number of nitrogens with two attached hydrogens (primary N) is 1. The number of hydrogen-bond acceptors (Lipinski definition) is 6. The second-order valence-corrected chi connectivity index (χ2v) is 4.58. The molecule has 0 unspecified atom stereocenters. The summed E-state index contributed by atoms with van der Waals surface area (Å²) in [5.41, 5.74) is 6.21. The van der Waals surface area contributed by atoms with Crippen LogP contribution in [0.3, 0.4) is 0 Å². The lowest BCUT2D eigenvalue weighted by atomic mass is 10.2. The van der Waals surface area contributed by atoms with Crippen LogP contribution in [0.4, 0.5) is 0 Å². The van der Waals surface area contributed by atoms with Gasteiger partial charge in [0.25, 0.3) is 5.91 Å². The van der Waals surface area contributed by atoms with Gasteiger partial charge in [-0.1, -0.05) is 5.16 Å². The summed E-state index contributed by atoms with van der Waals surface area (Å²) in [6, 6.07) is 3.14. The fourth-order valence-corrected chi connectivity index (χ4v) is 2.13. The normalized spacial score (nSPS) is 14.9. The van der Waals surface area contributed by atoms with E-state index in [0.29, 0.717) is 30.9 Å². The molecule has 1 aliphatic heterocycles. The van der Waals surface area contributed by atoms with E-state index in [9.17, 15) is 4.79 Å². The maximum atomic E-state index is 12.4. The summed E-state index contributed by atoms with van der Waals surface area (Å²) in [5.74, 6) is 0.519. The number of amidine groups is 1. The molecule has 9 nitrogen and oxygen atoms in total. The van der Waals surface area contributed by atoms with Gasteiger partial charge in [0.15, 0.2) is 11.7 Å². The van der Waals surface area contributed by atoms with Gasteiger partial charge in [-0.05, 0) is 12.1 Å². The van der Waals surface area contributed by atoms with Crippen molar-refractivity contribution in [3.8, 4) is 0 Å². The first-order valence-electron chi connectivity index (χ1n) is 6.29. The lowest BCUT2D eigenvalue weighted by Crippen LogP contribution is -2.38. The highest BCUT2D eigenvalue weighted by molar-refractivity contribution is 5.98. The van der Waals surface area contributed by atoms with Crippen molar-refractivity contribution >= 4 is 11.7 Å². The van der Waals surface area contributed by atoms with Crippen LogP contribution in [0.25, 0.3) is 0 Å². The zero-order valence-electron chi connectivity index (χ0n) is 11.0. The monoisotopic (exact) mass is 287 g/mol. The Bertz CT molecular complexity index is 692. The SMILES string of the molecule is NC(=NO)c1ccc(C(=O)N2CCn3cnnc3C2)nc1. The van der Waals surface area contributed by atoms with Crippen LogP contribution in [0.1, 0.15) is 21.9 Å². The minimum Gasteiger partial charge on any atom is -0.409 e. The molecule has 9 heteroatoms. The Kier molecular flexibility index (Phi) is 3.22. The molecule has 108 valence electrons. The molecule has 0 aliphatic carbocycles. The Morgan fingerprint density at radius 2 is 2.24 bits per heavy atom. The molecule has 3 rings (SSSR count). The summed E-state index contributed by atoms with van der Waals surface area (Å²) >= 11 is 0. The van der Waals surface area contributed by atoms with Gasteiger partial charge in [-0.15, -0.1) is 10.2 Å². The predicted molar refractivity (Wildman–Crippen MR) is 71.5 cm³/mol. The zero-order chi connectivity index (χ0) is 14.8. The molecule has 21 heavy (non-hydrogen) atoms. The Morgan fingerprint density at radius 3 is 2.95 bits per heavy atom. The largest absolute Gasteiger partial charge is 0.409 e. The van der Waals surface area contributed by atoms with E-state index in [1.165, 1.54) is 6.20 Å². The molecular formula is C12H13N7O2. The van der Waals surface area contributed by atoms with E-state index in [-0.39, 0.29) is 11.7 Å². The summed E-state index contributed by atoms with van der Waals surface area (Å²) in [7, 11) is 0. The highest BCUT2D eigenvalue weighted by Gasteiger charge is 2.23. The van der Waals surface area contributed by atoms with Crippen molar-refractivity contribution in [2.45, 2.75) is 13.1 Å². The molecule has 3 heterocycles. The Morgan fingerprint density at radius 1 is 1.38 bits per heavy atom. The van der Waals surface area contributed by atoms with E-state index in [0.717, 1.165) is 5.82 Å². The van der Waals surface area contributed by atoms with Gasteiger partial charge < -0.3 is 20.4 Å². The standard InChI is InChI=1S/C12H13N7O2/c13-11(17-21)8-1-2-9(14-5-8)12(20)18-3-4-19-7-15-16-10(19)6-18/h1-2,5,7,21H,3-4,6H2,(H2,13,17). The minimum atomic E-state index is -0.185. The van der Waals surface area contributed by atoms with Crippen LogP contribution in [-0.4, -0.2) is 48.1 Å². The third-order valence-corrected chi connectivity index (χ3v) is 3.31. The van der Waals surface area contributed by atoms with Crippen LogP contribution >= 0.6 is 0 Å². The number of pyridine rings is 1. The fourth-order valence-electron chi connectivity index (χ4n) is 2.13. The first kappa shape index (κ1) is 13.0. The Balaban J connectivity index is 1.77. The maximum absolute atomic E-state index is 12.4. The Hall–Kier alpha value is -2.97. The second kappa shape index (κ2) is 5.19. The summed E-state index contributed by atoms with van der Waals surface area (Å²) < 4.78 is 1.92. The number of nitrogens with zero attached hydrogens (tertiary/aromatic N) is 6. The van der Waals surface area contributed by atoms with Crippen molar-refractivity contribution < 1.29 is 10.0 Å². The number of hydrogen-bond donors (Lipinski definition) is 2. The summed E-state index contributed by atoms with van der Waals surface area (Å²) in [5, 5.41) is 19.3. The molecule has 0 fully saturated rings. The molecule has 0 spiro atoms. The summed E-state index contributed by atoms with van der Waals surface area (Å²) in [6.07, 6.45) is 3.05. The molecular weight excluding hydrogens is 274 g/mol. The molecule has 1 aliphatic rings. The van der Waals surface area contributed by atoms with Crippen LogP contribution in [0.2, 0.25) is 0 Å². The van der Waals surface area contributed by atoms with Gasteiger partial charge in [0, 0.05) is 24.8 Å². The van der Waals surface area contributed by atoms with Crippen LogP contribution in [0.5, 0.6) is 0 Å².